The summed E-state index contributed by atoms with van der Waals surface area (Å²) in [6.45, 7) is 1.44. The average molecular weight is 341 g/mol. The molecular weight excluding hydrogens is 326 g/mol. The van der Waals surface area contributed by atoms with E-state index in [-0.39, 0.29) is 5.91 Å². The Hall–Kier alpha value is -2.05. The Balaban J connectivity index is 1.63. The van der Waals surface area contributed by atoms with Crippen LogP contribution < -0.4 is 5.32 Å². The van der Waals surface area contributed by atoms with Gasteiger partial charge in [-0.1, -0.05) is 48.2 Å². The maximum Gasteiger partial charge on any atom is 0.261 e. The van der Waals surface area contributed by atoms with E-state index in [0.29, 0.717) is 6.54 Å². The van der Waals surface area contributed by atoms with E-state index in [4.69, 9.17) is 4.98 Å². The highest BCUT2D eigenvalue weighted by molar-refractivity contribution is 7.99. The van der Waals surface area contributed by atoms with Crippen molar-refractivity contribution in [3.8, 4) is 11.3 Å². The van der Waals surface area contributed by atoms with E-state index >= 15 is 0 Å². The zero-order chi connectivity index (χ0) is 15.6. The van der Waals surface area contributed by atoms with Crippen LogP contribution in [-0.4, -0.2) is 21.2 Å². The molecule has 0 unspecified atom stereocenters. The van der Waals surface area contributed by atoms with Crippen molar-refractivity contribution in [2.75, 3.05) is 5.75 Å². The summed E-state index contributed by atoms with van der Waals surface area (Å²) in [4.78, 5) is 17.7. The minimum absolute atomic E-state index is 0.0276. The van der Waals surface area contributed by atoms with E-state index < -0.39 is 0 Å². The van der Waals surface area contributed by atoms with Crippen LogP contribution in [0, 0.1) is 0 Å². The third-order valence-corrected chi connectivity index (χ3v) is 5.62. The van der Waals surface area contributed by atoms with Crippen LogP contribution in [0.15, 0.2) is 53.0 Å². The smallest absolute Gasteiger partial charge is 0.261 e. The molecule has 1 aliphatic heterocycles. The molecule has 0 spiro atoms. The fourth-order valence-corrected chi connectivity index (χ4v) is 4.31. The second-order valence-electron chi connectivity index (χ2n) is 5.22. The second-order valence-corrected chi connectivity index (χ2v) is 7.23. The van der Waals surface area contributed by atoms with Crippen LogP contribution in [-0.2, 0) is 13.1 Å². The first-order chi connectivity index (χ1) is 11.3. The lowest BCUT2D eigenvalue weighted by atomic mass is 10.1. The molecule has 3 heterocycles. The number of carbonyl (C=O) groups excluding carboxylic acids is 1. The number of amides is 1. The quantitative estimate of drug-likeness (QED) is 0.788. The molecule has 0 saturated carbocycles. The molecule has 23 heavy (non-hydrogen) atoms. The summed E-state index contributed by atoms with van der Waals surface area (Å²) in [5.41, 5.74) is 3.15. The summed E-state index contributed by atoms with van der Waals surface area (Å²) in [5.74, 6) is 1.02. The molecule has 4 rings (SSSR count). The van der Waals surface area contributed by atoms with Gasteiger partial charge in [0.2, 0.25) is 0 Å². The Bertz CT molecular complexity index is 825. The van der Waals surface area contributed by atoms with Crippen molar-refractivity contribution in [2.45, 2.75) is 18.2 Å². The molecule has 0 atom stereocenters. The molecule has 1 aliphatic rings. The molecule has 6 heteroatoms. The molecule has 0 radical (unpaired) electrons. The van der Waals surface area contributed by atoms with Crippen LogP contribution in [0.4, 0.5) is 0 Å². The molecule has 1 N–H and O–H groups in total. The van der Waals surface area contributed by atoms with Crippen molar-refractivity contribution < 1.29 is 4.79 Å². The normalized spacial score (nSPS) is 13.0. The summed E-state index contributed by atoms with van der Waals surface area (Å²) in [6.07, 6.45) is 0. The first-order valence-electron chi connectivity index (χ1n) is 7.42. The summed E-state index contributed by atoms with van der Waals surface area (Å²) in [7, 11) is 0. The van der Waals surface area contributed by atoms with Gasteiger partial charge >= 0.3 is 0 Å². The number of thiophene rings is 1. The largest absolute Gasteiger partial charge is 0.346 e. The zero-order valence-electron chi connectivity index (χ0n) is 12.4. The third-order valence-electron chi connectivity index (χ3n) is 3.79. The fraction of sp³-hybridized carbons (Fsp3) is 0.176. The Labute approximate surface area is 142 Å². The number of thioether (sulfide) groups is 1. The number of hydrogen-bond acceptors (Lipinski definition) is 4. The van der Waals surface area contributed by atoms with Crippen molar-refractivity contribution in [3.05, 3.63) is 58.4 Å². The van der Waals surface area contributed by atoms with Crippen molar-refractivity contribution in [2.24, 2.45) is 0 Å². The van der Waals surface area contributed by atoms with Crippen LogP contribution >= 0.6 is 23.1 Å². The molecule has 0 bridgehead atoms. The highest BCUT2D eigenvalue weighted by Gasteiger charge is 2.23. The maximum atomic E-state index is 12.2. The van der Waals surface area contributed by atoms with Crippen LogP contribution in [0.1, 0.15) is 15.4 Å². The van der Waals surface area contributed by atoms with Crippen molar-refractivity contribution in [3.63, 3.8) is 0 Å². The number of fused-ring (bicyclic) bond motifs is 1. The van der Waals surface area contributed by atoms with Gasteiger partial charge in [-0.3, -0.25) is 4.79 Å². The Morgan fingerprint density at radius 3 is 2.87 bits per heavy atom. The molecule has 2 aromatic heterocycles. The van der Waals surface area contributed by atoms with Crippen LogP contribution in [0.5, 0.6) is 0 Å². The Kier molecular flexibility index (Phi) is 3.93. The number of carbonyl (C=O) groups is 1. The van der Waals surface area contributed by atoms with Gasteiger partial charge < -0.3 is 9.88 Å². The van der Waals surface area contributed by atoms with Gasteiger partial charge in [0.25, 0.3) is 5.91 Å². The van der Waals surface area contributed by atoms with Crippen molar-refractivity contribution in [1.29, 1.82) is 0 Å². The van der Waals surface area contributed by atoms with Crippen molar-refractivity contribution in [1.82, 2.24) is 14.9 Å². The molecule has 116 valence electrons. The maximum absolute atomic E-state index is 12.2. The number of benzene rings is 1. The minimum Gasteiger partial charge on any atom is -0.346 e. The van der Waals surface area contributed by atoms with E-state index in [1.807, 2.05) is 35.7 Å². The van der Waals surface area contributed by atoms with E-state index in [2.05, 4.69) is 22.0 Å². The number of hydrogen-bond donors (Lipinski definition) is 1. The second kappa shape index (κ2) is 6.22. The number of nitrogens with zero attached hydrogens (tertiary/aromatic N) is 2. The lowest BCUT2D eigenvalue weighted by Crippen LogP contribution is -2.23. The number of imidazole rings is 1. The van der Waals surface area contributed by atoms with Gasteiger partial charge in [-0.05, 0) is 11.4 Å². The Morgan fingerprint density at radius 2 is 2.09 bits per heavy atom. The first-order valence-corrected chi connectivity index (χ1v) is 9.29. The molecular formula is C17H15N3OS2. The lowest BCUT2D eigenvalue weighted by molar-refractivity contribution is 0.0954. The van der Waals surface area contributed by atoms with Crippen LogP contribution in [0.3, 0.4) is 0 Å². The van der Waals surface area contributed by atoms with Gasteiger partial charge in [0.1, 0.15) is 0 Å². The number of rotatable bonds is 4. The molecule has 1 aromatic carbocycles. The van der Waals surface area contributed by atoms with Crippen LogP contribution in [0.2, 0.25) is 0 Å². The molecule has 0 fully saturated rings. The summed E-state index contributed by atoms with van der Waals surface area (Å²) < 4.78 is 2.22. The van der Waals surface area contributed by atoms with Gasteiger partial charge in [0, 0.05) is 17.9 Å². The summed E-state index contributed by atoms with van der Waals surface area (Å²) >= 11 is 3.23. The van der Waals surface area contributed by atoms with Gasteiger partial charge in [0.05, 0.1) is 22.8 Å². The van der Waals surface area contributed by atoms with Gasteiger partial charge in [-0.2, -0.15) is 0 Å². The minimum atomic E-state index is -0.0276. The van der Waals surface area contributed by atoms with E-state index in [1.165, 1.54) is 11.3 Å². The molecule has 3 aromatic rings. The average Bonchev–Trinajstić information content (AvgIpc) is 3.30. The monoisotopic (exact) mass is 341 g/mol. The zero-order valence-corrected chi connectivity index (χ0v) is 14.0. The van der Waals surface area contributed by atoms with Gasteiger partial charge in [-0.15, -0.1) is 11.3 Å². The summed E-state index contributed by atoms with van der Waals surface area (Å²) in [6, 6.07) is 13.9. The Morgan fingerprint density at radius 1 is 1.22 bits per heavy atom. The standard InChI is InChI=1S/C17H15N3OS2/c21-16(14-7-4-9-22-14)18-11-13-15(12-5-2-1-3-6-12)19-17-20(13)8-10-23-17/h1-7,9H,8,10-11H2,(H,18,21). The third kappa shape index (κ3) is 2.80. The van der Waals surface area contributed by atoms with Crippen LogP contribution in [0.25, 0.3) is 11.3 Å². The highest BCUT2D eigenvalue weighted by atomic mass is 32.2. The van der Waals surface area contributed by atoms with E-state index in [0.717, 1.165) is 39.3 Å². The van der Waals surface area contributed by atoms with Gasteiger partial charge in [-0.25, -0.2) is 4.98 Å². The number of aromatic nitrogens is 2. The predicted molar refractivity (Wildman–Crippen MR) is 93.9 cm³/mol. The lowest BCUT2D eigenvalue weighted by Gasteiger charge is -2.09. The summed E-state index contributed by atoms with van der Waals surface area (Å²) in [5, 5.41) is 5.99. The van der Waals surface area contributed by atoms with E-state index in [9.17, 15) is 4.79 Å². The fourth-order valence-electron chi connectivity index (χ4n) is 2.70. The molecule has 1 amide bonds. The van der Waals surface area contributed by atoms with Gasteiger partial charge in [0.15, 0.2) is 5.16 Å². The topological polar surface area (TPSA) is 46.9 Å². The number of nitrogens with one attached hydrogen (secondary N) is 1. The van der Waals surface area contributed by atoms with E-state index in [1.54, 1.807) is 11.8 Å². The molecule has 0 saturated heterocycles. The predicted octanol–water partition coefficient (Wildman–Crippen LogP) is 3.65. The molecule has 4 nitrogen and oxygen atoms in total. The highest BCUT2D eigenvalue weighted by Crippen LogP contribution is 2.33. The first kappa shape index (κ1) is 14.5. The van der Waals surface area contributed by atoms with Crippen molar-refractivity contribution >= 4 is 29.0 Å². The SMILES string of the molecule is O=C(NCc1c(-c2ccccc2)nc2n1CCS2)c1cccs1. The molecule has 0 aliphatic carbocycles.